The van der Waals surface area contributed by atoms with Gasteiger partial charge in [0.15, 0.2) is 0 Å². The molecule has 0 aliphatic heterocycles. The van der Waals surface area contributed by atoms with Crippen molar-refractivity contribution in [1.82, 2.24) is 0 Å². The third kappa shape index (κ3) is 2.20. The third-order valence-corrected chi connectivity index (χ3v) is 1.57. The molecule has 3 heteroatoms. The van der Waals surface area contributed by atoms with Crippen molar-refractivity contribution in [3.05, 3.63) is 29.6 Å². The zero-order valence-electron chi connectivity index (χ0n) is 6.88. The quantitative estimate of drug-likeness (QED) is 0.742. The molecule has 0 amide bonds. The monoisotopic (exact) mass is 170 g/mol. The molecule has 1 aromatic rings. The smallest absolute Gasteiger partial charge is 0.127 e. The van der Waals surface area contributed by atoms with Crippen LogP contribution in [0.2, 0.25) is 0 Å². The molecule has 12 heavy (non-hydrogen) atoms. The lowest BCUT2D eigenvalue weighted by Gasteiger charge is -2.03. The van der Waals surface area contributed by atoms with Crippen LogP contribution in [-0.4, -0.2) is 18.8 Å². The number of hydrogen-bond donors (Lipinski definition) is 1. The summed E-state index contributed by atoms with van der Waals surface area (Å²) in [4.78, 5) is 0. The van der Waals surface area contributed by atoms with Crippen molar-refractivity contribution >= 4 is 0 Å². The van der Waals surface area contributed by atoms with Gasteiger partial charge in [-0.25, -0.2) is 4.39 Å². The van der Waals surface area contributed by atoms with Gasteiger partial charge < -0.3 is 9.84 Å². The summed E-state index contributed by atoms with van der Waals surface area (Å²) in [6, 6.07) is 4.40. The minimum Gasteiger partial charge on any atom is -0.497 e. The Bertz CT molecular complexity index is 261. The summed E-state index contributed by atoms with van der Waals surface area (Å²) in [5.74, 6) is 0.149. The summed E-state index contributed by atoms with van der Waals surface area (Å²) < 4.78 is 17.6. The average molecular weight is 170 g/mol. The van der Waals surface area contributed by atoms with Gasteiger partial charge >= 0.3 is 0 Å². The zero-order valence-corrected chi connectivity index (χ0v) is 6.88. The van der Waals surface area contributed by atoms with Gasteiger partial charge in [0.1, 0.15) is 11.6 Å². The minimum atomic E-state index is -0.335. The van der Waals surface area contributed by atoms with E-state index in [4.69, 9.17) is 9.84 Å². The van der Waals surface area contributed by atoms with Crippen LogP contribution >= 0.6 is 0 Å². The van der Waals surface area contributed by atoms with Gasteiger partial charge in [-0.1, -0.05) is 0 Å². The molecule has 0 saturated carbocycles. The van der Waals surface area contributed by atoms with Crippen molar-refractivity contribution in [2.75, 3.05) is 13.7 Å². The van der Waals surface area contributed by atoms with Crippen molar-refractivity contribution < 1.29 is 14.2 Å². The Balaban J connectivity index is 2.90. The van der Waals surface area contributed by atoms with Crippen LogP contribution in [0.15, 0.2) is 18.2 Å². The second-order valence-electron chi connectivity index (χ2n) is 2.47. The van der Waals surface area contributed by atoms with Crippen molar-refractivity contribution in [2.45, 2.75) is 6.42 Å². The van der Waals surface area contributed by atoms with Crippen molar-refractivity contribution in [1.29, 1.82) is 0 Å². The highest BCUT2D eigenvalue weighted by molar-refractivity contribution is 5.29. The molecule has 1 rings (SSSR count). The average Bonchev–Trinajstić information content (AvgIpc) is 2.04. The molecule has 0 fully saturated rings. The van der Waals surface area contributed by atoms with Crippen molar-refractivity contribution in [3.8, 4) is 5.75 Å². The summed E-state index contributed by atoms with van der Waals surface area (Å²) in [6.07, 6.45) is 0.452. The first kappa shape index (κ1) is 9.00. The largest absolute Gasteiger partial charge is 0.497 e. The van der Waals surface area contributed by atoms with Gasteiger partial charge in [-0.05, 0) is 24.1 Å². The topological polar surface area (TPSA) is 29.5 Å². The van der Waals surface area contributed by atoms with E-state index < -0.39 is 0 Å². The second kappa shape index (κ2) is 4.07. The highest BCUT2D eigenvalue weighted by Crippen LogP contribution is 2.15. The highest BCUT2D eigenvalue weighted by Gasteiger charge is 1.99. The summed E-state index contributed by atoms with van der Waals surface area (Å²) >= 11 is 0. The van der Waals surface area contributed by atoms with E-state index in [0.717, 1.165) is 5.56 Å². The number of ether oxygens (including phenoxy) is 1. The van der Waals surface area contributed by atoms with Gasteiger partial charge in [0.2, 0.25) is 0 Å². The molecule has 0 radical (unpaired) electrons. The molecule has 0 unspecified atom stereocenters. The van der Waals surface area contributed by atoms with Crippen LogP contribution in [0, 0.1) is 5.82 Å². The Morgan fingerprint density at radius 3 is 2.75 bits per heavy atom. The maximum absolute atomic E-state index is 12.8. The lowest BCUT2D eigenvalue weighted by molar-refractivity contribution is 0.299. The van der Waals surface area contributed by atoms with Crippen LogP contribution < -0.4 is 4.74 Å². The lowest BCUT2D eigenvalue weighted by Crippen LogP contribution is -1.93. The number of hydrogen-bond acceptors (Lipinski definition) is 2. The SMILES string of the molecule is COc1cc(F)cc(CCO)c1. The zero-order chi connectivity index (χ0) is 8.97. The lowest BCUT2D eigenvalue weighted by atomic mass is 10.1. The fraction of sp³-hybridized carbons (Fsp3) is 0.333. The normalized spacial score (nSPS) is 9.92. The molecular formula is C9H11FO2. The maximum atomic E-state index is 12.8. The van der Waals surface area contributed by atoms with E-state index in [1.807, 2.05) is 0 Å². The van der Waals surface area contributed by atoms with E-state index in [2.05, 4.69) is 0 Å². The molecule has 0 saturated heterocycles. The number of benzene rings is 1. The predicted octanol–water partition coefficient (Wildman–Crippen LogP) is 1.37. The van der Waals surface area contributed by atoms with Crippen LogP contribution in [-0.2, 0) is 6.42 Å². The summed E-state index contributed by atoms with van der Waals surface area (Å²) in [7, 11) is 1.48. The number of halogens is 1. The van der Waals surface area contributed by atoms with Gasteiger partial charge in [0.25, 0.3) is 0 Å². The van der Waals surface area contributed by atoms with E-state index in [1.54, 1.807) is 6.07 Å². The molecule has 66 valence electrons. The molecule has 1 aromatic carbocycles. The first-order valence-electron chi connectivity index (χ1n) is 3.70. The first-order chi connectivity index (χ1) is 5.76. The Labute approximate surface area is 70.6 Å². The minimum absolute atomic E-state index is 0.0204. The third-order valence-electron chi connectivity index (χ3n) is 1.57. The molecule has 1 N–H and O–H groups in total. The van der Waals surface area contributed by atoms with Gasteiger partial charge in [0.05, 0.1) is 7.11 Å². The van der Waals surface area contributed by atoms with E-state index in [0.29, 0.717) is 12.2 Å². The molecule has 0 atom stereocenters. The molecule has 0 aliphatic carbocycles. The molecule has 0 aliphatic rings. The van der Waals surface area contributed by atoms with Crippen LogP contribution in [0.25, 0.3) is 0 Å². The second-order valence-corrected chi connectivity index (χ2v) is 2.47. The standard InChI is InChI=1S/C9H11FO2/c1-12-9-5-7(2-3-11)4-8(10)6-9/h4-6,11H,2-3H2,1H3. The van der Waals surface area contributed by atoms with Crippen LogP contribution in [0.1, 0.15) is 5.56 Å². The van der Waals surface area contributed by atoms with Crippen molar-refractivity contribution in [2.24, 2.45) is 0 Å². The van der Waals surface area contributed by atoms with E-state index in [9.17, 15) is 4.39 Å². The number of methoxy groups -OCH3 is 1. The van der Waals surface area contributed by atoms with Gasteiger partial charge in [-0.2, -0.15) is 0 Å². The fourth-order valence-electron chi connectivity index (χ4n) is 1.01. The summed E-state index contributed by atoms with van der Waals surface area (Å²) in [6.45, 7) is 0.0204. The van der Waals surface area contributed by atoms with Crippen LogP contribution in [0.3, 0.4) is 0 Å². The van der Waals surface area contributed by atoms with Crippen LogP contribution in [0.4, 0.5) is 4.39 Å². The molecule has 0 aromatic heterocycles. The fourth-order valence-corrected chi connectivity index (χ4v) is 1.01. The Kier molecular flexibility index (Phi) is 3.05. The van der Waals surface area contributed by atoms with Gasteiger partial charge in [-0.15, -0.1) is 0 Å². The molecule has 0 heterocycles. The molecule has 0 spiro atoms. The Morgan fingerprint density at radius 2 is 2.17 bits per heavy atom. The maximum Gasteiger partial charge on any atom is 0.127 e. The molecule has 2 nitrogen and oxygen atoms in total. The van der Waals surface area contributed by atoms with E-state index in [-0.39, 0.29) is 12.4 Å². The van der Waals surface area contributed by atoms with Crippen molar-refractivity contribution in [3.63, 3.8) is 0 Å². The molecule has 0 bridgehead atoms. The number of aliphatic hydroxyl groups is 1. The van der Waals surface area contributed by atoms with E-state index >= 15 is 0 Å². The highest BCUT2D eigenvalue weighted by atomic mass is 19.1. The number of rotatable bonds is 3. The summed E-state index contributed by atoms with van der Waals surface area (Å²) in [5, 5.41) is 8.61. The van der Waals surface area contributed by atoms with Gasteiger partial charge in [-0.3, -0.25) is 0 Å². The Morgan fingerprint density at radius 1 is 1.42 bits per heavy atom. The van der Waals surface area contributed by atoms with Crippen LogP contribution in [0.5, 0.6) is 5.75 Å². The van der Waals surface area contributed by atoms with Gasteiger partial charge in [0, 0.05) is 12.7 Å². The number of aliphatic hydroxyl groups excluding tert-OH is 1. The van der Waals surface area contributed by atoms with E-state index in [1.165, 1.54) is 19.2 Å². The first-order valence-corrected chi connectivity index (χ1v) is 3.70. The predicted molar refractivity (Wildman–Crippen MR) is 43.7 cm³/mol. The summed E-state index contributed by atoms with van der Waals surface area (Å²) in [5.41, 5.74) is 0.745. The Hall–Kier alpha value is -1.09. The molecular weight excluding hydrogens is 159 g/mol.